The van der Waals surface area contributed by atoms with Gasteiger partial charge in [0, 0.05) is 25.7 Å². The summed E-state index contributed by atoms with van der Waals surface area (Å²) in [7, 11) is 0. The van der Waals surface area contributed by atoms with E-state index in [4.69, 9.17) is 0 Å². The molecule has 1 unspecified atom stereocenters. The summed E-state index contributed by atoms with van der Waals surface area (Å²) < 4.78 is 0. The van der Waals surface area contributed by atoms with Crippen molar-refractivity contribution < 1.29 is 5.11 Å². The van der Waals surface area contributed by atoms with E-state index in [0.29, 0.717) is 11.5 Å². The number of likely N-dealkylation sites (N-methyl/N-ethyl adjacent to an activating group) is 1. The molecule has 1 rings (SSSR count). The van der Waals surface area contributed by atoms with Crippen LogP contribution in [0.5, 0.6) is 0 Å². The zero-order valence-corrected chi connectivity index (χ0v) is 9.01. The zero-order chi connectivity index (χ0) is 9.90. The predicted molar refractivity (Wildman–Crippen MR) is 54.8 cm³/mol. The van der Waals surface area contributed by atoms with E-state index in [1.807, 2.05) is 0 Å². The molecular formula is C10H22N2O. The summed E-state index contributed by atoms with van der Waals surface area (Å²) in [6.07, 6.45) is 0. The quantitative estimate of drug-likeness (QED) is 0.651. The molecular weight excluding hydrogens is 164 g/mol. The average Bonchev–Trinajstić information content (AvgIpc) is 2.22. The molecule has 0 amide bonds. The Labute approximate surface area is 81.1 Å². The monoisotopic (exact) mass is 186 g/mol. The molecule has 3 heteroatoms. The van der Waals surface area contributed by atoms with Gasteiger partial charge in [0.1, 0.15) is 0 Å². The molecule has 0 aromatic rings. The Kier molecular flexibility index (Phi) is 3.71. The van der Waals surface area contributed by atoms with Gasteiger partial charge in [0.2, 0.25) is 0 Å². The first kappa shape index (κ1) is 11.0. The summed E-state index contributed by atoms with van der Waals surface area (Å²) >= 11 is 0. The van der Waals surface area contributed by atoms with Gasteiger partial charge >= 0.3 is 0 Å². The van der Waals surface area contributed by atoms with E-state index in [1.54, 1.807) is 0 Å². The first-order chi connectivity index (χ1) is 6.09. The van der Waals surface area contributed by atoms with Crippen LogP contribution in [0, 0.1) is 5.41 Å². The van der Waals surface area contributed by atoms with Gasteiger partial charge in [0.05, 0.1) is 6.61 Å². The SMILES string of the molecule is CCN1CC(C)(C)CNCC1CO. The summed E-state index contributed by atoms with van der Waals surface area (Å²) in [5, 5.41) is 12.6. The lowest BCUT2D eigenvalue weighted by Crippen LogP contribution is -2.43. The van der Waals surface area contributed by atoms with Crippen molar-refractivity contribution in [3.63, 3.8) is 0 Å². The number of hydrogen-bond acceptors (Lipinski definition) is 3. The molecule has 2 N–H and O–H groups in total. The molecule has 0 aromatic heterocycles. The number of aliphatic hydroxyl groups excluding tert-OH is 1. The summed E-state index contributed by atoms with van der Waals surface area (Å²) in [6.45, 7) is 11.0. The zero-order valence-electron chi connectivity index (χ0n) is 9.01. The summed E-state index contributed by atoms with van der Waals surface area (Å²) in [5.74, 6) is 0. The van der Waals surface area contributed by atoms with E-state index in [1.165, 1.54) is 0 Å². The smallest absolute Gasteiger partial charge is 0.0599 e. The van der Waals surface area contributed by atoms with Gasteiger partial charge in [0.15, 0.2) is 0 Å². The van der Waals surface area contributed by atoms with Crippen molar-refractivity contribution in [2.75, 3.05) is 32.8 Å². The van der Waals surface area contributed by atoms with Crippen LogP contribution in [0.2, 0.25) is 0 Å². The molecule has 0 saturated carbocycles. The lowest BCUT2D eigenvalue weighted by Gasteiger charge is -2.31. The minimum absolute atomic E-state index is 0.261. The molecule has 0 bridgehead atoms. The number of nitrogens with zero attached hydrogens (tertiary/aromatic N) is 1. The molecule has 1 aliphatic rings. The Morgan fingerprint density at radius 1 is 1.54 bits per heavy atom. The highest BCUT2D eigenvalue weighted by molar-refractivity contribution is 4.85. The third kappa shape index (κ3) is 2.93. The fourth-order valence-corrected chi connectivity index (χ4v) is 1.99. The van der Waals surface area contributed by atoms with Crippen LogP contribution in [-0.2, 0) is 0 Å². The molecule has 0 radical (unpaired) electrons. The normalized spacial score (nSPS) is 30.0. The molecule has 1 fully saturated rings. The van der Waals surface area contributed by atoms with Crippen LogP contribution >= 0.6 is 0 Å². The lowest BCUT2D eigenvalue weighted by molar-refractivity contribution is 0.113. The maximum absolute atomic E-state index is 9.21. The van der Waals surface area contributed by atoms with Crippen LogP contribution in [0.3, 0.4) is 0 Å². The molecule has 3 nitrogen and oxygen atoms in total. The van der Waals surface area contributed by atoms with E-state index in [0.717, 1.165) is 26.2 Å². The minimum atomic E-state index is 0.261. The molecule has 1 atom stereocenters. The van der Waals surface area contributed by atoms with Crippen molar-refractivity contribution in [2.24, 2.45) is 5.41 Å². The minimum Gasteiger partial charge on any atom is -0.395 e. The van der Waals surface area contributed by atoms with Crippen molar-refractivity contribution >= 4 is 0 Å². The predicted octanol–water partition coefficient (Wildman–Crippen LogP) is 0.299. The number of rotatable bonds is 2. The summed E-state index contributed by atoms with van der Waals surface area (Å²) in [4.78, 5) is 2.36. The van der Waals surface area contributed by atoms with Gasteiger partial charge in [-0.1, -0.05) is 20.8 Å². The largest absolute Gasteiger partial charge is 0.395 e. The fraction of sp³-hybridized carbons (Fsp3) is 1.00. The van der Waals surface area contributed by atoms with Crippen molar-refractivity contribution in [1.29, 1.82) is 0 Å². The highest BCUT2D eigenvalue weighted by Crippen LogP contribution is 2.19. The van der Waals surface area contributed by atoms with E-state index < -0.39 is 0 Å². The Bertz CT molecular complexity index is 159. The van der Waals surface area contributed by atoms with Gasteiger partial charge in [-0.3, -0.25) is 4.90 Å². The van der Waals surface area contributed by atoms with Crippen molar-refractivity contribution in [1.82, 2.24) is 10.2 Å². The van der Waals surface area contributed by atoms with Gasteiger partial charge in [-0.2, -0.15) is 0 Å². The first-order valence-electron chi connectivity index (χ1n) is 5.14. The second-order valence-corrected chi connectivity index (χ2v) is 4.69. The summed E-state index contributed by atoms with van der Waals surface area (Å²) in [6, 6.07) is 0.298. The second kappa shape index (κ2) is 4.40. The van der Waals surface area contributed by atoms with Gasteiger partial charge in [-0.05, 0) is 12.0 Å². The van der Waals surface area contributed by atoms with Crippen LogP contribution in [-0.4, -0.2) is 48.8 Å². The highest BCUT2D eigenvalue weighted by atomic mass is 16.3. The Morgan fingerprint density at radius 3 is 2.77 bits per heavy atom. The van der Waals surface area contributed by atoms with Crippen LogP contribution in [0.1, 0.15) is 20.8 Å². The molecule has 78 valence electrons. The van der Waals surface area contributed by atoms with Crippen molar-refractivity contribution in [2.45, 2.75) is 26.8 Å². The third-order valence-electron chi connectivity index (χ3n) is 2.75. The van der Waals surface area contributed by atoms with Crippen molar-refractivity contribution in [3.05, 3.63) is 0 Å². The van der Waals surface area contributed by atoms with E-state index >= 15 is 0 Å². The number of hydrogen-bond donors (Lipinski definition) is 2. The maximum Gasteiger partial charge on any atom is 0.0599 e. The van der Waals surface area contributed by atoms with Crippen molar-refractivity contribution in [3.8, 4) is 0 Å². The second-order valence-electron chi connectivity index (χ2n) is 4.69. The Hall–Kier alpha value is -0.120. The van der Waals surface area contributed by atoms with Gasteiger partial charge < -0.3 is 10.4 Å². The Morgan fingerprint density at radius 2 is 2.23 bits per heavy atom. The Balaban J connectivity index is 2.62. The van der Waals surface area contributed by atoms with E-state index in [9.17, 15) is 5.11 Å². The standard InChI is InChI=1S/C10H22N2O/c1-4-12-8-10(2,3)7-11-5-9(12)6-13/h9,11,13H,4-8H2,1-3H3. The van der Waals surface area contributed by atoms with Crippen LogP contribution in [0.4, 0.5) is 0 Å². The number of nitrogens with one attached hydrogen (secondary N) is 1. The maximum atomic E-state index is 9.21. The average molecular weight is 186 g/mol. The topological polar surface area (TPSA) is 35.5 Å². The van der Waals surface area contributed by atoms with E-state index in [2.05, 4.69) is 31.0 Å². The van der Waals surface area contributed by atoms with Gasteiger partial charge in [-0.15, -0.1) is 0 Å². The van der Waals surface area contributed by atoms with Gasteiger partial charge in [-0.25, -0.2) is 0 Å². The molecule has 0 aromatic carbocycles. The van der Waals surface area contributed by atoms with Crippen LogP contribution < -0.4 is 5.32 Å². The summed E-state index contributed by atoms with van der Waals surface area (Å²) in [5.41, 5.74) is 0.319. The van der Waals surface area contributed by atoms with E-state index in [-0.39, 0.29) is 6.61 Å². The molecule has 1 saturated heterocycles. The van der Waals surface area contributed by atoms with Gasteiger partial charge in [0.25, 0.3) is 0 Å². The molecule has 13 heavy (non-hydrogen) atoms. The van der Waals surface area contributed by atoms with Crippen LogP contribution in [0.15, 0.2) is 0 Å². The first-order valence-corrected chi connectivity index (χ1v) is 5.14. The molecule has 1 heterocycles. The highest BCUT2D eigenvalue weighted by Gasteiger charge is 2.28. The lowest BCUT2D eigenvalue weighted by atomic mass is 9.93. The number of aliphatic hydroxyl groups is 1. The molecule has 1 aliphatic heterocycles. The third-order valence-corrected chi connectivity index (χ3v) is 2.75. The molecule has 0 spiro atoms. The molecule has 0 aliphatic carbocycles. The fourth-order valence-electron chi connectivity index (χ4n) is 1.99. The van der Waals surface area contributed by atoms with Crippen LogP contribution in [0.25, 0.3) is 0 Å².